The molecule has 15 heavy (non-hydrogen) atoms. The van der Waals surface area contributed by atoms with Gasteiger partial charge in [0.25, 0.3) is 5.91 Å². The van der Waals surface area contributed by atoms with Crippen molar-refractivity contribution in [3.8, 4) is 0 Å². The standard InChI is InChI=1S/C9H13BrN2O3/c1-6-8(15-5-12-6)9(13)11-3-7(10)4-14-2/h5,7H,3-4H2,1-2H3,(H,11,13). The molecule has 1 heterocycles. The Kier molecular flexibility index (Phi) is 4.77. The minimum atomic E-state index is -0.259. The van der Waals surface area contributed by atoms with Crippen LogP contribution in [-0.4, -0.2) is 36.0 Å². The lowest BCUT2D eigenvalue weighted by atomic mass is 10.3. The van der Waals surface area contributed by atoms with Gasteiger partial charge in [0.05, 0.1) is 17.1 Å². The van der Waals surface area contributed by atoms with Crippen LogP contribution in [0.15, 0.2) is 10.8 Å². The predicted octanol–water partition coefficient (Wildman–Crippen LogP) is 1.12. The maximum absolute atomic E-state index is 11.5. The fourth-order valence-corrected chi connectivity index (χ4v) is 1.47. The van der Waals surface area contributed by atoms with Gasteiger partial charge in [-0.2, -0.15) is 0 Å². The van der Waals surface area contributed by atoms with E-state index in [1.54, 1.807) is 14.0 Å². The highest BCUT2D eigenvalue weighted by Crippen LogP contribution is 2.05. The molecule has 0 aliphatic rings. The molecule has 0 saturated carbocycles. The topological polar surface area (TPSA) is 64.4 Å². The van der Waals surface area contributed by atoms with E-state index in [0.29, 0.717) is 18.8 Å². The van der Waals surface area contributed by atoms with Crippen LogP contribution in [0.5, 0.6) is 0 Å². The fourth-order valence-electron chi connectivity index (χ4n) is 1.04. The van der Waals surface area contributed by atoms with Crippen LogP contribution in [-0.2, 0) is 4.74 Å². The molecule has 1 aromatic rings. The van der Waals surface area contributed by atoms with E-state index in [9.17, 15) is 4.79 Å². The Morgan fingerprint density at radius 3 is 3.07 bits per heavy atom. The third-order valence-corrected chi connectivity index (χ3v) is 2.37. The van der Waals surface area contributed by atoms with Crippen LogP contribution in [0.1, 0.15) is 16.2 Å². The van der Waals surface area contributed by atoms with Gasteiger partial charge in [0.15, 0.2) is 6.39 Å². The van der Waals surface area contributed by atoms with Crippen molar-refractivity contribution < 1.29 is 13.9 Å². The lowest BCUT2D eigenvalue weighted by Gasteiger charge is -2.08. The third kappa shape index (κ3) is 3.64. The van der Waals surface area contributed by atoms with Gasteiger partial charge in [0, 0.05) is 13.7 Å². The highest BCUT2D eigenvalue weighted by molar-refractivity contribution is 9.09. The highest BCUT2D eigenvalue weighted by atomic mass is 79.9. The Morgan fingerprint density at radius 1 is 1.80 bits per heavy atom. The maximum atomic E-state index is 11.5. The van der Waals surface area contributed by atoms with Crippen LogP contribution in [0.3, 0.4) is 0 Å². The molecule has 6 heteroatoms. The molecule has 1 unspecified atom stereocenters. The number of amides is 1. The molecule has 1 rings (SSSR count). The molecule has 0 radical (unpaired) electrons. The van der Waals surface area contributed by atoms with Gasteiger partial charge in [-0.15, -0.1) is 0 Å². The fraction of sp³-hybridized carbons (Fsp3) is 0.556. The van der Waals surface area contributed by atoms with E-state index in [-0.39, 0.29) is 16.5 Å². The summed E-state index contributed by atoms with van der Waals surface area (Å²) in [5.41, 5.74) is 0.588. The summed E-state index contributed by atoms with van der Waals surface area (Å²) in [6.45, 7) is 2.74. The van der Waals surface area contributed by atoms with E-state index in [1.807, 2.05) is 0 Å². The zero-order valence-corrected chi connectivity index (χ0v) is 10.2. The Hall–Kier alpha value is -0.880. The molecule has 0 aliphatic carbocycles. The van der Waals surface area contributed by atoms with E-state index >= 15 is 0 Å². The van der Waals surface area contributed by atoms with E-state index in [2.05, 4.69) is 26.2 Å². The number of nitrogens with one attached hydrogen (secondary N) is 1. The van der Waals surface area contributed by atoms with Crippen LogP contribution in [0.2, 0.25) is 0 Å². The number of ether oxygens (including phenoxy) is 1. The van der Waals surface area contributed by atoms with E-state index in [1.165, 1.54) is 6.39 Å². The molecule has 0 bridgehead atoms. The lowest BCUT2D eigenvalue weighted by Crippen LogP contribution is -2.31. The summed E-state index contributed by atoms with van der Waals surface area (Å²) in [6, 6.07) is 0. The largest absolute Gasteiger partial charge is 0.438 e. The summed E-state index contributed by atoms with van der Waals surface area (Å²) < 4.78 is 9.87. The van der Waals surface area contributed by atoms with Crippen molar-refractivity contribution >= 4 is 21.8 Å². The van der Waals surface area contributed by atoms with Crippen LogP contribution < -0.4 is 5.32 Å². The average Bonchev–Trinajstić information content (AvgIpc) is 2.61. The number of methoxy groups -OCH3 is 1. The monoisotopic (exact) mass is 276 g/mol. The van der Waals surface area contributed by atoms with Crippen molar-refractivity contribution in [1.82, 2.24) is 10.3 Å². The second-order valence-electron chi connectivity index (χ2n) is 3.03. The minimum Gasteiger partial charge on any atom is -0.438 e. The summed E-state index contributed by atoms with van der Waals surface area (Å²) in [6.07, 6.45) is 1.25. The smallest absolute Gasteiger partial charge is 0.289 e. The van der Waals surface area contributed by atoms with Crippen molar-refractivity contribution in [2.24, 2.45) is 0 Å². The van der Waals surface area contributed by atoms with Gasteiger partial charge in [-0.25, -0.2) is 4.98 Å². The number of nitrogens with zero attached hydrogens (tertiary/aromatic N) is 1. The normalized spacial score (nSPS) is 12.5. The van der Waals surface area contributed by atoms with Gasteiger partial charge in [0.2, 0.25) is 5.76 Å². The van der Waals surface area contributed by atoms with Crippen LogP contribution >= 0.6 is 15.9 Å². The van der Waals surface area contributed by atoms with Crippen LogP contribution in [0.4, 0.5) is 0 Å². The SMILES string of the molecule is COCC(Br)CNC(=O)c1ocnc1C. The first-order valence-corrected chi connectivity index (χ1v) is 5.38. The zero-order valence-electron chi connectivity index (χ0n) is 8.62. The van der Waals surface area contributed by atoms with Gasteiger partial charge in [0.1, 0.15) is 0 Å². The molecule has 84 valence electrons. The van der Waals surface area contributed by atoms with Gasteiger partial charge in [-0.1, -0.05) is 15.9 Å². The average molecular weight is 277 g/mol. The molecule has 1 aromatic heterocycles. The molecule has 1 N–H and O–H groups in total. The Morgan fingerprint density at radius 2 is 2.53 bits per heavy atom. The van der Waals surface area contributed by atoms with Crippen LogP contribution in [0.25, 0.3) is 0 Å². The molecular weight excluding hydrogens is 264 g/mol. The second kappa shape index (κ2) is 5.87. The third-order valence-electron chi connectivity index (χ3n) is 1.78. The minimum absolute atomic E-state index is 0.0923. The number of aromatic nitrogens is 1. The number of halogens is 1. The van der Waals surface area contributed by atoms with Gasteiger partial charge < -0.3 is 14.5 Å². The first kappa shape index (κ1) is 12.2. The zero-order chi connectivity index (χ0) is 11.3. The van der Waals surface area contributed by atoms with E-state index < -0.39 is 0 Å². The molecule has 1 amide bonds. The summed E-state index contributed by atoms with van der Waals surface area (Å²) in [7, 11) is 1.61. The van der Waals surface area contributed by atoms with Crippen molar-refractivity contribution in [2.75, 3.05) is 20.3 Å². The molecule has 0 aliphatic heterocycles. The molecule has 0 aromatic carbocycles. The van der Waals surface area contributed by atoms with Crippen molar-refractivity contribution in [3.63, 3.8) is 0 Å². The number of alkyl halides is 1. The quantitative estimate of drug-likeness (QED) is 0.819. The molecule has 1 atom stereocenters. The number of carbonyl (C=O) groups is 1. The first-order valence-electron chi connectivity index (χ1n) is 4.46. The summed E-state index contributed by atoms with van der Waals surface area (Å²) in [4.78, 5) is 15.5. The maximum Gasteiger partial charge on any atom is 0.289 e. The lowest BCUT2D eigenvalue weighted by molar-refractivity contribution is 0.0921. The van der Waals surface area contributed by atoms with Crippen molar-refractivity contribution in [2.45, 2.75) is 11.8 Å². The highest BCUT2D eigenvalue weighted by Gasteiger charge is 2.14. The Balaban J connectivity index is 2.40. The van der Waals surface area contributed by atoms with Gasteiger partial charge >= 0.3 is 0 Å². The number of aryl methyl sites for hydroxylation is 1. The van der Waals surface area contributed by atoms with Gasteiger partial charge in [-0.3, -0.25) is 4.79 Å². The van der Waals surface area contributed by atoms with Crippen molar-refractivity contribution in [3.05, 3.63) is 17.8 Å². The Bertz CT molecular complexity index is 327. The van der Waals surface area contributed by atoms with Crippen molar-refractivity contribution in [1.29, 1.82) is 0 Å². The summed E-state index contributed by atoms with van der Waals surface area (Å²) >= 11 is 3.36. The molecule has 0 spiro atoms. The number of rotatable bonds is 5. The molecular formula is C9H13BrN2O3. The second-order valence-corrected chi connectivity index (χ2v) is 4.32. The number of hydrogen-bond acceptors (Lipinski definition) is 4. The van der Waals surface area contributed by atoms with E-state index in [4.69, 9.17) is 9.15 Å². The summed E-state index contributed by atoms with van der Waals surface area (Å²) in [5.74, 6) is -0.00216. The Labute approximate surface area is 96.3 Å². The molecule has 0 fully saturated rings. The predicted molar refractivity (Wildman–Crippen MR) is 58.2 cm³/mol. The number of carbonyl (C=O) groups excluding carboxylic acids is 1. The van der Waals surface area contributed by atoms with Gasteiger partial charge in [-0.05, 0) is 6.92 Å². The van der Waals surface area contributed by atoms with E-state index in [0.717, 1.165) is 0 Å². The molecule has 0 saturated heterocycles. The summed E-state index contributed by atoms with van der Waals surface area (Å²) in [5, 5.41) is 2.71. The van der Waals surface area contributed by atoms with Crippen LogP contribution in [0, 0.1) is 6.92 Å². The first-order chi connectivity index (χ1) is 7.15. The molecule has 5 nitrogen and oxygen atoms in total. The number of hydrogen-bond donors (Lipinski definition) is 1. The number of oxazole rings is 1.